The maximum absolute atomic E-state index is 13.9. The molecule has 2 heterocycles. The van der Waals surface area contributed by atoms with Crippen molar-refractivity contribution in [2.75, 3.05) is 36.8 Å². The summed E-state index contributed by atoms with van der Waals surface area (Å²) in [5, 5.41) is 0. The molecule has 2 aliphatic rings. The molecule has 1 aromatic rings. The van der Waals surface area contributed by atoms with Gasteiger partial charge in [0.05, 0.1) is 5.69 Å². The van der Waals surface area contributed by atoms with E-state index in [4.69, 9.17) is 10.5 Å². The highest BCUT2D eigenvalue weighted by molar-refractivity contribution is 5.70. The van der Waals surface area contributed by atoms with E-state index in [0.717, 1.165) is 13.1 Å². The second-order valence-corrected chi connectivity index (χ2v) is 7.40. The first-order valence-electron chi connectivity index (χ1n) is 8.45. The average molecular weight is 337 g/mol. The number of hydrogen-bond acceptors (Lipinski definition) is 4. The van der Waals surface area contributed by atoms with Gasteiger partial charge in [-0.2, -0.15) is 0 Å². The molecule has 1 aromatic carbocycles. The van der Waals surface area contributed by atoms with Gasteiger partial charge in [-0.05, 0) is 39.0 Å². The Kier molecular flexibility index (Phi) is 4.97. The van der Waals surface area contributed by atoms with Crippen molar-refractivity contribution >= 4 is 17.5 Å². The summed E-state index contributed by atoms with van der Waals surface area (Å²) < 4.78 is 19.2. The Bertz CT molecular complexity index is 599. The van der Waals surface area contributed by atoms with Gasteiger partial charge in [0, 0.05) is 37.3 Å². The third-order valence-electron chi connectivity index (χ3n) is 4.07. The van der Waals surface area contributed by atoms with Crippen molar-refractivity contribution in [2.24, 2.45) is 5.41 Å². The summed E-state index contributed by atoms with van der Waals surface area (Å²) in [4.78, 5) is 15.6. The number of nitrogens with two attached hydrogens (primary N) is 1. The van der Waals surface area contributed by atoms with E-state index in [1.54, 1.807) is 17.0 Å². The van der Waals surface area contributed by atoms with Crippen LogP contribution in [0.1, 0.15) is 34.6 Å². The molecule has 2 aliphatic heterocycles. The van der Waals surface area contributed by atoms with Crippen LogP contribution in [0.15, 0.2) is 18.2 Å². The molecule has 0 aromatic heterocycles. The Morgan fingerprint density at radius 3 is 2.29 bits per heavy atom. The highest BCUT2D eigenvalue weighted by Crippen LogP contribution is 2.43. The molecule has 2 N–H and O–H groups in total. The standard InChI is InChI=1S/C16H22FN3O2.C2H6/c1-15(2,3)22-14(21)20-9-16(10-20)7-19(8-16)13-5-4-11(18)6-12(13)17;1-2/h4-6H,7-10,18H2,1-3H3;1-2H3. The van der Waals surface area contributed by atoms with Gasteiger partial charge in [-0.15, -0.1) is 0 Å². The number of rotatable bonds is 1. The molecule has 0 radical (unpaired) electrons. The van der Waals surface area contributed by atoms with Crippen LogP contribution in [-0.2, 0) is 4.74 Å². The minimum Gasteiger partial charge on any atom is -0.444 e. The second kappa shape index (κ2) is 6.49. The number of nitrogen functional groups attached to an aromatic ring is 1. The van der Waals surface area contributed by atoms with Crippen LogP contribution in [0.4, 0.5) is 20.6 Å². The average Bonchev–Trinajstić information content (AvgIpc) is 2.37. The number of benzene rings is 1. The quantitative estimate of drug-likeness (QED) is 0.797. The first-order valence-corrected chi connectivity index (χ1v) is 8.45. The first kappa shape index (κ1) is 18.4. The summed E-state index contributed by atoms with van der Waals surface area (Å²) in [6.45, 7) is 12.4. The number of carbonyl (C=O) groups excluding carboxylic acids is 1. The van der Waals surface area contributed by atoms with Crippen LogP contribution in [0.5, 0.6) is 0 Å². The van der Waals surface area contributed by atoms with Crippen LogP contribution in [0.2, 0.25) is 0 Å². The fraction of sp³-hybridized carbons (Fsp3) is 0.611. The van der Waals surface area contributed by atoms with Crippen LogP contribution in [0.25, 0.3) is 0 Å². The number of hydrogen-bond donors (Lipinski definition) is 1. The van der Waals surface area contributed by atoms with E-state index in [2.05, 4.69) is 0 Å². The largest absolute Gasteiger partial charge is 0.444 e. The number of amides is 1. The number of anilines is 2. The summed E-state index contributed by atoms with van der Waals surface area (Å²) in [6.07, 6.45) is -0.268. The lowest BCUT2D eigenvalue weighted by Crippen LogP contribution is -2.73. The van der Waals surface area contributed by atoms with Crippen molar-refractivity contribution in [3.8, 4) is 0 Å². The van der Waals surface area contributed by atoms with Crippen LogP contribution in [-0.4, -0.2) is 42.8 Å². The fourth-order valence-corrected chi connectivity index (χ4v) is 3.13. The lowest BCUT2D eigenvalue weighted by atomic mass is 9.73. The van der Waals surface area contributed by atoms with Gasteiger partial charge in [0.15, 0.2) is 0 Å². The smallest absolute Gasteiger partial charge is 0.410 e. The fourth-order valence-electron chi connectivity index (χ4n) is 3.13. The summed E-state index contributed by atoms with van der Waals surface area (Å²) in [5.74, 6) is -0.293. The Balaban J connectivity index is 0.00000100. The van der Waals surface area contributed by atoms with E-state index >= 15 is 0 Å². The third kappa shape index (κ3) is 3.74. The monoisotopic (exact) mass is 337 g/mol. The predicted octanol–water partition coefficient (Wildman–Crippen LogP) is 3.49. The zero-order chi connectivity index (χ0) is 18.1. The molecule has 5 nitrogen and oxygen atoms in total. The van der Waals surface area contributed by atoms with Gasteiger partial charge in [-0.1, -0.05) is 13.8 Å². The number of likely N-dealkylation sites (tertiary alicyclic amines) is 1. The van der Waals surface area contributed by atoms with Gasteiger partial charge in [0.25, 0.3) is 0 Å². The lowest BCUT2D eigenvalue weighted by molar-refractivity contribution is -0.0454. The minimum absolute atomic E-state index is 0.0880. The molecular weight excluding hydrogens is 309 g/mol. The SMILES string of the molecule is CC.CC(C)(C)OC(=O)N1CC2(C1)CN(c1ccc(N)cc1F)C2. The molecule has 0 atom stereocenters. The van der Waals surface area contributed by atoms with Crippen molar-refractivity contribution < 1.29 is 13.9 Å². The number of ether oxygens (including phenoxy) is 1. The van der Waals surface area contributed by atoms with Gasteiger partial charge in [0.1, 0.15) is 11.4 Å². The highest BCUT2D eigenvalue weighted by atomic mass is 19.1. The second-order valence-electron chi connectivity index (χ2n) is 7.40. The van der Waals surface area contributed by atoms with Gasteiger partial charge >= 0.3 is 6.09 Å². The number of carbonyl (C=O) groups is 1. The molecule has 0 aliphatic carbocycles. The highest BCUT2D eigenvalue weighted by Gasteiger charge is 2.54. The molecule has 134 valence electrons. The Hall–Kier alpha value is -1.98. The van der Waals surface area contributed by atoms with E-state index in [9.17, 15) is 9.18 Å². The van der Waals surface area contributed by atoms with E-state index < -0.39 is 5.60 Å². The molecule has 24 heavy (non-hydrogen) atoms. The molecule has 0 unspecified atom stereocenters. The molecule has 1 spiro atoms. The molecule has 2 saturated heterocycles. The molecular formula is C18H28FN3O2. The molecule has 2 fully saturated rings. The molecule has 0 saturated carbocycles. The summed E-state index contributed by atoms with van der Waals surface area (Å²) in [5.41, 5.74) is 6.18. The van der Waals surface area contributed by atoms with Gasteiger partial charge < -0.3 is 20.3 Å². The third-order valence-corrected chi connectivity index (χ3v) is 4.07. The van der Waals surface area contributed by atoms with Crippen LogP contribution in [0, 0.1) is 11.2 Å². The first-order chi connectivity index (χ1) is 11.2. The van der Waals surface area contributed by atoms with Gasteiger partial charge in [0.2, 0.25) is 0 Å². The Morgan fingerprint density at radius 2 is 1.79 bits per heavy atom. The number of nitrogens with zero attached hydrogens (tertiary/aromatic N) is 2. The van der Waals surface area contributed by atoms with E-state index in [1.807, 2.05) is 39.5 Å². The Morgan fingerprint density at radius 1 is 1.21 bits per heavy atom. The molecule has 0 bridgehead atoms. The molecule has 1 amide bonds. The van der Waals surface area contributed by atoms with Crippen molar-refractivity contribution in [3.05, 3.63) is 24.0 Å². The summed E-state index contributed by atoms with van der Waals surface area (Å²) in [6, 6.07) is 4.76. The minimum atomic E-state index is -0.474. The van der Waals surface area contributed by atoms with E-state index in [-0.39, 0.29) is 17.3 Å². The van der Waals surface area contributed by atoms with Crippen LogP contribution in [0.3, 0.4) is 0 Å². The normalized spacial score (nSPS) is 18.2. The maximum atomic E-state index is 13.9. The maximum Gasteiger partial charge on any atom is 0.410 e. The zero-order valence-corrected chi connectivity index (χ0v) is 15.2. The van der Waals surface area contributed by atoms with E-state index in [1.165, 1.54) is 6.07 Å². The topological polar surface area (TPSA) is 58.8 Å². The van der Waals surface area contributed by atoms with Crippen molar-refractivity contribution in [1.29, 1.82) is 0 Å². The zero-order valence-electron chi connectivity index (χ0n) is 15.2. The number of halogens is 1. The van der Waals surface area contributed by atoms with Gasteiger partial charge in [-0.25, -0.2) is 9.18 Å². The summed E-state index contributed by atoms with van der Waals surface area (Å²) in [7, 11) is 0. The van der Waals surface area contributed by atoms with Crippen LogP contribution < -0.4 is 10.6 Å². The van der Waals surface area contributed by atoms with E-state index in [0.29, 0.717) is 24.5 Å². The van der Waals surface area contributed by atoms with Crippen LogP contribution >= 0.6 is 0 Å². The Labute approximate surface area is 143 Å². The van der Waals surface area contributed by atoms with Gasteiger partial charge in [-0.3, -0.25) is 0 Å². The van der Waals surface area contributed by atoms with Crippen molar-refractivity contribution in [1.82, 2.24) is 4.90 Å². The molecule has 3 rings (SSSR count). The molecule has 6 heteroatoms. The predicted molar refractivity (Wildman–Crippen MR) is 94.6 cm³/mol. The van der Waals surface area contributed by atoms with Crippen molar-refractivity contribution in [2.45, 2.75) is 40.2 Å². The summed E-state index contributed by atoms with van der Waals surface area (Å²) >= 11 is 0. The van der Waals surface area contributed by atoms with Crippen molar-refractivity contribution in [3.63, 3.8) is 0 Å². The lowest BCUT2D eigenvalue weighted by Gasteiger charge is -2.60.